The van der Waals surface area contributed by atoms with Gasteiger partial charge in [-0.1, -0.05) is 11.2 Å². The fourth-order valence-electron chi connectivity index (χ4n) is 2.74. The fraction of sp³-hybridized carbons (Fsp3) is 0.429. The van der Waals surface area contributed by atoms with Gasteiger partial charge < -0.3 is 14.7 Å². The van der Waals surface area contributed by atoms with Crippen molar-refractivity contribution in [3.63, 3.8) is 0 Å². The molecule has 1 N–H and O–H groups in total. The van der Waals surface area contributed by atoms with Crippen LogP contribution < -0.4 is 5.32 Å². The Morgan fingerprint density at radius 1 is 1.45 bits per heavy atom. The molecule has 2 aromatic heterocycles. The maximum Gasteiger partial charge on any atom is 0.245 e. The highest BCUT2D eigenvalue weighted by Crippen LogP contribution is 2.29. The van der Waals surface area contributed by atoms with E-state index < -0.39 is 0 Å². The molecule has 22 heavy (non-hydrogen) atoms. The Hall–Kier alpha value is -2.22. The molecule has 114 valence electrons. The van der Waals surface area contributed by atoms with E-state index >= 15 is 0 Å². The zero-order valence-corrected chi connectivity index (χ0v) is 12.5. The lowest BCUT2D eigenvalue weighted by Crippen LogP contribution is -2.54. The van der Waals surface area contributed by atoms with Crippen LogP contribution in [0.2, 0.25) is 0 Å². The van der Waals surface area contributed by atoms with Gasteiger partial charge in [0.15, 0.2) is 0 Å². The molecular weight excluding hydrogens is 304 g/mol. The molecule has 2 saturated heterocycles. The molecule has 0 aliphatic carbocycles. The van der Waals surface area contributed by atoms with Crippen LogP contribution >= 0.6 is 11.3 Å². The summed E-state index contributed by atoms with van der Waals surface area (Å²) in [6.45, 7) is 1.13. The van der Waals surface area contributed by atoms with E-state index in [1.165, 1.54) is 0 Å². The number of thiophene rings is 1. The highest BCUT2D eigenvalue weighted by atomic mass is 32.1. The van der Waals surface area contributed by atoms with Crippen molar-refractivity contribution in [2.45, 2.75) is 24.8 Å². The number of hydrogen-bond donors (Lipinski definition) is 1. The first-order valence-corrected chi connectivity index (χ1v) is 8.04. The maximum atomic E-state index is 12.2. The lowest BCUT2D eigenvalue weighted by molar-refractivity contribution is -0.138. The molecule has 2 aliphatic rings. The molecule has 8 heteroatoms. The Bertz CT molecular complexity index is 706. The van der Waals surface area contributed by atoms with Crippen molar-refractivity contribution in [1.29, 1.82) is 0 Å². The second-order valence-electron chi connectivity index (χ2n) is 5.53. The fourth-order valence-corrected chi connectivity index (χ4v) is 3.39. The molecule has 2 aliphatic heterocycles. The molecule has 2 fully saturated rings. The summed E-state index contributed by atoms with van der Waals surface area (Å²) in [5.74, 6) is 1.19. The van der Waals surface area contributed by atoms with Gasteiger partial charge in [-0.05, 0) is 17.9 Å². The minimum Gasteiger partial charge on any atom is -0.344 e. The second-order valence-corrected chi connectivity index (χ2v) is 6.48. The molecule has 0 radical (unpaired) electrons. The lowest BCUT2D eigenvalue weighted by Gasteiger charge is -2.38. The van der Waals surface area contributed by atoms with Gasteiger partial charge in [0.25, 0.3) is 0 Å². The molecule has 0 spiro atoms. The minimum absolute atomic E-state index is 0.0138. The van der Waals surface area contributed by atoms with Crippen LogP contribution in [0.5, 0.6) is 0 Å². The van der Waals surface area contributed by atoms with Crippen molar-refractivity contribution >= 4 is 23.2 Å². The Balaban J connectivity index is 1.37. The lowest BCUT2D eigenvalue weighted by atomic mass is 9.98. The van der Waals surface area contributed by atoms with Crippen LogP contribution in [0.15, 0.2) is 22.0 Å². The molecule has 2 aromatic rings. The van der Waals surface area contributed by atoms with Gasteiger partial charge in [0.05, 0.1) is 10.8 Å². The molecule has 0 aromatic carbocycles. The molecule has 7 nitrogen and oxygen atoms in total. The molecular formula is C14H14N4O3S. The average Bonchev–Trinajstić information content (AvgIpc) is 3.17. The second kappa shape index (κ2) is 5.20. The number of amides is 2. The summed E-state index contributed by atoms with van der Waals surface area (Å²) in [5.41, 5.74) is 0. The van der Waals surface area contributed by atoms with E-state index in [2.05, 4.69) is 15.5 Å². The highest BCUT2D eigenvalue weighted by Gasteiger charge is 2.40. The van der Waals surface area contributed by atoms with Gasteiger partial charge >= 0.3 is 0 Å². The van der Waals surface area contributed by atoms with Crippen molar-refractivity contribution in [1.82, 2.24) is 20.4 Å². The summed E-state index contributed by atoms with van der Waals surface area (Å²) in [5, 5.41) is 8.65. The van der Waals surface area contributed by atoms with E-state index in [4.69, 9.17) is 4.52 Å². The Kier molecular flexibility index (Phi) is 3.18. The predicted molar refractivity (Wildman–Crippen MR) is 78.1 cm³/mol. The van der Waals surface area contributed by atoms with Gasteiger partial charge in [0.2, 0.25) is 23.5 Å². The first kappa shape index (κ1) is 13.4. The molecule has 1 atom stereocenters. The van der Waals surface area contributed by atoms with Crippen LogP contribution in [0.1, 0.15) is 24.7 Å². The first-order chi connectivity index (χ1) is 10.7. The predicted octanol–water partition coefficient (Wildman–Crippen LogP) is 1.00. The third-order valence-corrected chi connectivity index (χ3v) is 4.88. The zero-order chi connectivity index (χ0) is 15.1. The Labute approximate surface area is 130 Å². The standard InChI is InChI=1S/C14H14N4O3S/c19-11-4-3-9(15-11)14(20)18-6-8(7-18)13-16-12(17-21-13)10-2-1-5-22-10/h1-2,5,8-9H,3-4,6-7H2,(H,15,19). The molecule has 2 amide bonds. The quantitative estimate of drug-likeness (QED) is 0.912. The Morgan fingerprint density at radius 3 is 3.00 bits per heavy atom. The summed E-state index contributed by atoms with van der Waals surface area (Å²) in [6, 6.07) is 3.52. The third kappa shape index (κ3) is 2.29. The number of nitrogens with zero attached hydrogens (tertiary/aromatic N) is 3. The van der Waals surface area contributed by atoms with E-state index in [0.29, 0.717) is 37.6 Å². The summed E-state index contributed by atoms with van der Waals surface area (Å²) >= 11 is 1.56. The van der Waals surface area contributed by atoms with Gasteiger partial charge in [-0.2, -0.15) is 4.98 Å². The summed E-state index contributed by atoms with van der Waals surface area (Å²) in [4.78, 5) is 30.5. The van der Waals surface area contributed by atoms with Crippen LogP contribution in [0.4, 0.5) is 0 Å². The van der Waals surface area contributed by atoms with Gasteiger partial charge in [-0.3, -0.25) is 9.59 Å². The molecule has 4 heterocycles. The zero-order valence-electron chi connectivity index (χ0n) is 11.7. The number of likely N-dealkylation sites (tertiary alicyclic amines) is 1. The van der Waals surface area contributed by atoms with Crippen molar-refractivity contribution < 1.29 is 14.1 Å². The summed E-state index contributed by atoms with van der Waals surface area (Å²) in [7, 11) is 0. The molecule has 0 bridgehead atoms. The molecule has 4 rings (SSSR count). The normalized spacial score (nSPS) is 21.7. The summed E-state index contributed by atoms with van der Waals surface area (Å²) < 4.78 is 5.30. The van der Waals surface area contributed by atoms with Crippen molar-refractivity contribution in [3.8, 4) is 10.7 Å². The van der Waals surface area contributed by atoms with Crippen molar-refractivity contribution in [3.05, 3.63) is 23.4 Å². The van der Waals surface area contributed by atoms with Gasteiger partial charge in [-0.15, -0.1) is 11.3 Å². The van der Waals surface area contributed by atoms with Crippen molar-refractivity contribution in [2.24, 2.45) is 0 Å². The monoisotopic (exact) mass is 318 g/mol. The SMILES string of the molecule is O=C1CCC(C(=O)N2CC(c3nc(-c4cccs4)no3)C2)N1. The van der Waals surface area contributed by atoms with E-state index in [0.717, 1.165) is 4.88 Å². The van der Waals surface area contributed by atoms with E-state index in [9.17, 15) is 9.59 Å². The van der Waals surface area contributed by atoms with Gasteiger partial charge in [0.1, 0.15) is 6.04 Å². The maximum absolute atomic E-state index is 12.2. The third-order valence-electron chi connectivity index (χ3n) is 4.02. The van der Waals surface area contributed by atoms with Crippen LogP contribution in [0.3, 0.4) is 0 Å². The first-order valence-electron chi connectivity index (χ1n) is 7.16. The van der Waals surface area contributed by atoms with Crippen LogP contribution in [-0.2, 0) is 9.59 Å². The van der Waals surface area contributed by atoms with E-state index in [-0.39, 0.29) is 23.8 Å². The van der Waals surface area contributed by atoms with E-state index in [1.54, 1.807) is 16.2 Å². The number of nitrogens with one attached hydrogen (secondary N) is 1. The van der Waals surface area contributed by atoms with E-state index in [1.807, 2.05) is 17.5 Å². The smallest absolute Gasteiger partial charge is 0.245 e. The van der Waals surface area contributed by atoms with Crippen LogP contribution in [0, 0.1) is 0 Å². The Morgan fingerprint density at radius 2 is 2.32 bits per heavy atom. The van der Waals surface area contributed by atoms with Crippen LogP contribution in [0.25, 0.3) is 10.7 Å². The number of carbonyl (C=O) groups excluding carboxylic acids is 2. The topological polar surface area (TPSA) is 88.3 Å². The average molecular weight is 318 g/mol. The number of aromatic nitrogens is 2. The minimum atomic E-state index is -0.363. The molecule has 0 saturated carbocycles. The molecule has 1 unspecified atom stereocenters. The summed E-state index contributed by atoms with van der Waals surface area (Å²) in [6.07, 6.45) is 1.02. The van der Waals surface area contributed by atoms with Crippen LogP contribution in [-0.4, -0.2) is 46.0 Å². The number of hydrogen-bond acceptors (Lipinski definition) is 6. The highest BCUT2D eigenvalue weighted by molar-refractivity contribution is 7.13. The number of rotatable bonds is 3. The van der Waals surface area contributed by atoms with Gasteiger partial charge in [0, 0.05) is 19.5 Å². The number of carbonyl (C=O) groups is 2. The largest absolute Gasteiger partial charge is 0.344 e. The van der Waals surface area contributed by atoms with Crippen molar-refractivity contribution in [2.75, 3.05) is 13.1 Å². The van der Waals surface area contributed by atoms with Gasteiger partial charge in [-0.25, -0.2) is 0 Å².